The molecule has 0 bridgehead atoms. The average molecular weight is 1540 g/mol. The van der Waals surface area contributed by atoms with Crippen molar-refractivity contribution in [3.63, 3.8) is 0 Å². The van der Waals surface area contributed by atoms with Crippen LogP contribution in [-0.4, -0.2) is 15.8 Å². The summed E-state index contributed by atoms with van der Waals surface area (Å²) in [6, 6.07) is 88.9. The monoisotopic (exact) mass is 1540 g/mol. The van der Waals surface area contributed by atoms with E-state index in [0.717, 1.165) is 111 Å². The van der Waals surface area contributed by atoms with Gasteiger partial charge in [0.05, 0.1) is 49.8 Å². The zero-order valence-electron chi connectivity index (χ0n) is 80.5. The van der Waals surface area contributed by atoms with Crippen LogP contribution in [0.4, 0.5) is 34.1 Å². The summed E-state index contributed by atoms with van der Waals surface area (Å²) in [6.45, 7) is 48.0. The van der Waals surface area contributed by atoms with Crippen LogP contribution in [0.5, 0.6) is 0 Å². The molecule has 2 aliphatic heterocycles. The molecule has 0 atom stereocenters. The summed E-state index contributed by atoms with van der Waals surface area (Å²) in [5.41, 5.74) is 29.7. The van der Waals surface area contributed by atoms with Crippen LogP contribution in [0.15, 0.2) is 291 Å². The van der Waals surface area contributed by atoms with Gasteiger partial charge in [0, 0.05) is 66.8 Å². The molecule has 0 N–H and O–H groups in total. The van der Waals surface area contributed by atoms with E-state index in [-0.39, 0.29) is 78.5 Å². The van der Waals surface area contributed by atoms with Gasteiger partial charge in [-0.3, -0.25) is 0 Å². The van der Waals surface area contributed by atoms with Crippen LogP contribution in [0, 0.1) is 0 Å². The van der Waals surface area contributed by atoms with Gasteiger partial charge in [-0.2, -0.15) is 0 Å². The molecule has 586 valence electrons. The number of benzene rings is 14. The molecule has 5 heteroatoms. The number of nitrogens with zero attached hydrogens (tertiary/aromatic N) is 4. The lowest BCUT2D eigenvalue weighted by molar-refractivity contribution is 0.568. The Bertz CT molecular complexity index is 7120. The van der Waals surface area contributed by atoms with E-state index in [1.54, 1.807) is 4.57 Å². The van der Waals surface area contributed by atoms with E-state index in [1.165, 1.54) is 61.2 Å². The van der Waals surface area contributed by atoms with Crippen molar-refractivity contribution in [3.05, 3.63) is 352 Å². The summed E-state index contributed by atoms with van der Waals surface area (Å²) >= 11 is 0. The van der Waals surface area contributed by atoms with E-state index in [2.05, 4.69) is 396 Å². The highest BCUT2D eigenvalue weighted by Gasteiger charge is 2.49. The third-order valence-corrected chi connectivity index (χ3v) is 25.9. The summed E-state index contributed by atoms with van der Waals surface area (Å²) < 4.78 is 80.7. The first kappa shape index (κ1) is 67.4. The molecule has 118 heavy (non-hydrogen) atoms. The molecule has 4 nitrogen and oxygen atoms in total. The highest BCUT2D eigenvalue weighted by atomic mass is 15.2. The first-order chi connectivity index (χ1) is 59.3. The number of hydrogen-bond acceptors (Lipinski definition) is 2. The molecule has 0 fully saturated rings. The molecule has 3 aliphatic rings. The van der Waals surface area contributed by atoms with Crippen molar-refractivity contribution in [2.45, 2.75) is 189 Å². The lowest BCUT2D eigenvalue weighted by Gasteiger charge is -2.46. The van der Waals surface area contributed by atoms with Crippen molar-refractivity contribution < 1.29 is 11.0 Å². The standard InChI is InChI=1S/C113H111BN4/c1-106(2,3)74-48-54-98(87(62-74)70-56-76(108(7,8)9)60-77(57-70)109(10,11)12)117-101-66-81(115-95-45-33-29-41-84(95)85-42-30-34-46-96(85)115)50-52-93(101)114-94-53-51-82(116-97-47-35-31-43-86(97)90-68-89-83-40-28-32-44-91(83)113(92(89)69-100(90)116,72-36-24-22-25-37-72)73-38-26-23-27-39-73)67-102(94)118(104-65-80(112(19,20)21)64-103(117)105(104)114)99-55-49-75(107(4,5)6)63-88(99)71-58-78(110(13,14)15)61-79(59-71)111(16,17)18/h22-69H,1-21H3/i29D,30D,33D,34D,41D,42D,45D,46D. The predicted molar refractivity (Wildman–Crippen MR) is 508 cm³/mol. The largest absolute Gasteiger partial charge is 0.311 e. The maximum atomic E-state index is 9.97. The van der Waals surface area contributed by atoms with Crippen molar-refractivity contribution in [1.29, 1.82) is 0 Å². The van der Waals surface area contributed by atoms with Crippen molar-refractivity contribution in [2.24, 2.45) is 0 Å². The summed E-state index contributed by atoms with van der Waals surface area (Å²) in [4.78, 5) is 5.11. The zero-order valence-corrected chi connectivity index (χ0v) is 72.5. The van der Waals surface area contributed by atoms with E-state index in [9.17, 15) is 11.0 Å². The third kappa shape index (κ3) is 12.2. The van der Waals surface area contributed by atoms with Crippen LogP contribution in [0.3, 0.4) is 0 Å². The van der Waals surface area contributed by atoms with E-state index in [1.807, 2.05) is 6.07 Å². The van der Waals surface area contributed by atoms with Gasteiger partial charge in [-0.15, -0.1) is 0 Å². The summed E-state index contributed by atoms with van der Waals surface area (Å²) in [5.74, 6) is 0. The number of rotatable bonds is 8. The highest BCUT2D eigenvalue weighted by Crippen LogP contribution is 2.59. The lowest BCUT2D eigenvalue weighted by Crippen LogP contribution is -2.61. The fourth-order valence-electron chi connectivity index (χ4n) is 19.2. The minimum absolute atomic E-state index is 0.0204. The Morgan fingerprint density at radius 3 is 1.11 bits per heavy atom. The topological polar surface area (TPSA) is 16.3 Å². The van der Waals surface area contributed by atoms with Gasteiger partial charge < -0.3 is 18.9 Å². The van der Waals surface area contributed by atoms with Gasteiger partial charge in [-0.1, -0.05) is 345 Å². The summed E-state index contributed by atoms with van der Waals surface area (Å²) in [6.07, 6.45) is 0. The third-order valence-electron chi connectivity index (χ3n) is 25.9. The molecule has 0 saturated carbocycles. The van der Waals surface area contributed by atoms with Gasteiger partial charge in [-0.05, 0) is 229 Å². The van der Waals surface area contributed by atoms with E-state index in [0.29, 0.717) is 5.69 Å². The molecule has 2 aromatic heterocycles. The number of hydrogen-bond donors (Lipinski definition) is 0. The average Bonchev–Trinajstić information content (AvgIpc) is 1.17. The normalized spacial score (nSPS) is 15.1. The second-order valence-corrected chi connectivity index (χ2v) is 40.9. The molecule has 0 amide bonds. The van der Waals surface area contributed by atoms with Crippen molar-refractivity contribution in [3.8, 4) is 44.8 Å². The van der Waals surface area contributed by atoms with Crippen molar-refractivity contribution in [2.75, 3.05) is 9.80 Å². The molecule has 0 saturated heterocycles. The Kier molecular flexibility index (Phi) is 15.2. The molecule has 1 aliphatic carbocycles. The molecular weight excluding hydrogens is 1420 g/mol. The van der Waals surface area contributed by atoms with Crippen LogP contribution >= 0.6 is 0 Å². The maximum Gasteiger partial charge on any atom is 0.252 e. The fourth-order valence-corrected chi connectivity index (χ4v) is 19.2. The second kappa shape index (κ2) is 26.7. The summed E-state index contributed by atoms with van der Waals surface area (Å²) in [7, 11) is 0. The lowest BCUT2D eigenvalue weighted by atomic mass is 9.33. The second-order valence-electron chi connectivity index (χ2n) is 40.9. The Balaban J connectivity index is 0.988. The Morgan fingerprint density at radius 1 is 0.263 bits per heavy atom. The first-order valence-corrected chi connectivity index (χ1v) is 42.3. The van der Waals surface area contributed by atoms with Crippen molar-refractivity contribution in [1.82, 2.24) is 9.13 Å². The van der Waals surface area contributed by atoms with Crippen LogP contribution in [-0.2, 0) is 43.3 Å². The number of aromatic nitrogens is 2. The Hall–Kier alpha value is -11.7. The SMILES string of the molecule is [2H]c1c([2H])c([2H])c2c(c1[2H])c1c([2H])c([2H])c([2H])c([2H])c1n2-c1ccc2c(c1)N(c1ccc(C(C)(C)C)cc1-c1cc(C(C)(C)C)cc(C(C)(C)C)c1)c1cc(C(C)(C)C)cc3c1B2c1ccc(-n2c4ccccc4c4cc5c(cc42)C(c2ccccc2)(c2ccccc2)c2ccccc2-5)cc1N3c1ccc(C(C)(C)C)cc1-c1cc(C(C)(C)C)cc(C(C)(C)C)c1. The molecule has 0 radical (unpaired) electrons. The van der Waals surface area contributed by atoms with Gasteiger partial charge >= 0.3 is 0 Å². The van der Waals surface area contributed by atoms with Gasteiger partial charge in [0.2, 0.25) is 0 Å². The quantitative estimate of drug-likeness (QED) is 0.141. The molecule has 19 rings (SSSR count). The van der Waals surface area contributed by atoms with Gasteiger partial charge in [0.1, 0.15) is 0 Å². The molecule has 0 unspecified atom stereocenters. The van der Waals surface area contributed by atoms with E-state index >= 15 is 0 Å². The molecular formula is C113H111BN4. The minimum atomic E-state index is -0.686. The Morgan fingerprint density at radius 2 is 0.661 bits per heavy atom. The van der Waals surface area contributed by atoms with Crippen LogP contribution in [0.1, 0.15) is 218 Å². The predicted octanol–water partition coefficient (Wildman–Crippen LogP) is 28.7. The number of anilines is 6. The fraction of sp³-hybridized carbons (Fsp3) is 0.257. The van der Waals surface area contributed by atoms with Gasteiger partial charge in [-0.25, -0.2) is 0 Å². The molecule has 14 aromatic carbocycles. The first-order valence-electron chi connectivity index (χ1n) is 46.3. The molecule has 4 heterocycles. The smallest absolute Gasteiger partial charge is 0.252 e. The number of fused-ring (bicyclic) bond motifs is 13. The zero-order chi connectivity index (χ0) is 89.6. The van der Waals surface area contributed by atoms with Crippen molar-refractivity contribution >= 4 is 101 Å². The summed E-state index contributed by atoms with van der Waals surface area (Å²) in [5, 5.41) is 2.32. The van der Waals surface area contributed by atoms with E-state index in [4.69, 9.17) is 0 Å². The van der Waals surface area contributed by atoms with Crippen LogP contribution in [0.2, 0.25) is 0 Å². The van der Waals surface area contributed by atoms with E-state index < -0.39 is 41.7 Å². The molecule has 16 aromatic rings. The minimum Gasteiger partial charge on any atom is -0.311 e. The van der Waals surface area contributed by atoms with Crippen LogP contribution < -0.4 is 26.2 Å². The highest BCUT2D eigenvalue weighted by molar-refractivity contribution is 7.00. The van der Waals surface area contributed by atoms with Crippen LogP contribution in [0.25, 0.3) is 88.4 Å². The van der Waals surface area contributed by atoms with Gasteiger partial charge in [0.25, 0.3) is 6.71 Å². The van der Waals surface area contributed by atoms with Gasteiger partial charge in [0.15, 0.2) is 0 Å². The molecule has 0 spiro atoms. The maximum absolute atomic E-state index is 9.97. The number of para-hydroxylation sites is 3. The Labute approximate surface area is 712 Å².